The minimum atomic E-state index is -0.410. The van der Waals surface area contributed by atoms with E-state index in [2.05, 4.69) is 32.4 Å². The quantitative estimate of drug-likeness (QED) is 0.292. The largest absolute Gasteiger partial charge is 0.370 e. The van der Waals surface area contributed by atoms with Crippen molar-refractivity contribution >= 4 is 17.5 Å². The van der Waals surface area contributed by atoms with Gasteiger partial charge in [-0.3, -0.25) is 15.0 Å². The number of benzene rings is 1. The lowest BCUT2D eigenvalue weighted by molar-refractivity contribution is -0.129. The number of amides is 1. The molecule has 0 unspecified atom stereocenters. The van der Waals surface area contributed by atoms with Crippen LogP contribution in [0.1, 0.15) is 18.4 Å². The van der Waals surface area contributed by atoms with Crippen LogP contribution < -0.4 is 15.7 Å². The smallest absolute Gasteiger partial charge is 0.243 e. The van der Waals surface area contributed by atoms with Gasteiger partial charge in [0.05, 0.1) is 0 Å². The topological polar surface area (TPSA) is 103 Å². The third kappa shape index (κ3) is 5.98. The molecular weight excluding hydrogens is 368 g/mol. The molecule has 0 radical (unpaired) electrons. The Hall–Kier alpha value is -3.52. The molecular formula is C21H24N6O2. The highest BCUT2D eigenvalue weighted by atomic mass is 16.5. The normalized spacial score (nSPS) is 10.4. The number of hydroxylamine groups is 1. The Labute approximate surface area is 169 Å². The van der Waals surface area contributed by atoms with Gasteiger partial charge in [-0.25, -0.2) is 15.4 Å². The number of anilines is 2. The lowest BCUT2D eigenvalue weighted by atomic mass is 10.2. The van der Waals surface area contributed by atoms with Crippen molar-refractivity contribution < 1.29 is 10.0 Å². The standard InChI is InChI=1S/C21H24N6O2/c1-27(15-16-8-3-2-4-9-16)19-14-18(23-13-7-11-20(28)26-29)24-21(25-19)17-10-5-6-12-22-17/h2-6,8-10,12,14,29H,7,11,13,15H2,1H3,(H,26,28)(H,23,24,25). The van der Waals surface area contributed by atoms with E-state index in [9.17, 15) is 4.79 Å². The van der Waals surface area contributed by atoms with E-state index in [1.165, 1.54) is 5.56 Å². The first kappa shape index (κ1) is 20.2. The molecule has 150 valence electrons. The number of carbonyl (C=O) groups excluding carboxylic acids is 1. The van der Waals surface area contributed by atoms with Crippen LogP contribution in [-0.4, -0.2) is 39.7 Å². The van der Waals surface area contributed by atoms with Gasteiger partial charge < -0.3 is 10.2 Å². The number of hydrogen-bond donors (Lipinski definition) is 3. The van der Waals surface area contributed by atoms with Crippen LogP contribution in [-0.2, 0) is 11.3 Å². The molecule has 0 fully saturated rings. The fourth-order valence-corrected chi connectivity index (χ4v) is 2.79. The SMILES string of the molecule is CN(Cc1ccccc1)c1cc(NCCCC(=O)NO)nc(-c2ccccn2)n1. The van der Waals surface area contributed by atoms with Crippen LogP contribution in [0.25, 0.3) is 11.5 Å². The highest BCUT2D eigenvalue weighted by molar-refractivity contribution is 5.74. The van der Waals surface area contributed by atoms with Gasteiger partial charge in [-0.1, -0.05) is 36.4 Å². The molecule has 1 aromatic carbocycles. The second-order valence-corrected chi connectivity index (χ2v) is 6.56. The summed E-state index contributed by atoms with van der Waals surface area (Å²) in [6, 6.07) is 17.6. The summed E-state index contributed by atoms with van der Waals surface area (Å²) in [6.07, 6.45) is 2.49. The molecule has 2 heterocycles. The zero-order valence-electron chi connectivity index (χ0n) is 16.2. The number of carbonyl (C=O) groups is 1. The minimum Gasteiger partial charge on any atom is -0.370 e. The van der Waals surface area contributed by atoms with E-state index >= 15 is 0 Å². The van der Waals surface area contributed by atoms with Crippen LogP contribution in [0.5, 0.6) is 0 Å². The van der Waals surface area contributed by atoms with E-state index in [0.717, 1.165) is 5.82 Å². The van der Waals surface area contributed by atoms with Crippen molar-refractivity contribution in [3.8, 4) is 11.5 Å². The predicted molar refractivity (Wildman–Crippen MR) is 111 cm³/mol. The van der Waals surface area contributed by atoms with E-state index < -0.39 is 5.91 Å². The molecule has 0 aliphatic carbocycles. The van der Waals surface area contributed by atoms with Crippen LogP contribution in [0.3, 0.4) is 0 Å². The third-order valence-electron chi connectivity index (χ3n) is 4.27. The summed E-state index contributed by atoms with van der Waals surface area (Å²) in [7, 11) is 1.98. The summed E-state index contributed by atoms with van der Waals surface area (Å²) in [5.74, 6) is 1.53. The molecule has 0 saturated carbocycles. The zero-order valence-corrected chi connectivity index (χ0v) is 16.2. The fourth-order valence-electron chi connectivity index (χ4n) is 2.79. The highest BCUT2D eigenvalue weighted by Gasteiger charge is 2.11. The first-order valence-electron chi connectivity index (χ1n) is 9.38. The molecule has 8 nitrogen and oxygen atoms in total. The van der Waals surface area contributed by atoms with Gasteiger partial charge in [0.1, 0.15) is 17.3 Å². The van der Waals surface area contributed by atoms with Crippen LogP contribution in [0.4, 0.5) is 11.6 Å². The Kier molecular flexibility index (Phi) is 7.07. The van der Waals surface area contributed by atoms with E-state index in [0.29, 0.717) is 36.8 Å². The zero-order chi connectivity index (χ0) is 20.5. The molecule has 0 aliphatic heterocycles. The number of nitrogens with zero attached hydrogens (tertiary/aromatic N) is 4. The van der Waals surface area contributed by atoms with Crippen LogP contribution in [0.2, 0.25) is 0 Å². The van der Waals surface area contributed by atoms with E-state index in [4.69, 9.17) is 5.21 Å². The molecule has 0 atom stereocenters. The van der Waals surface area contributed by atoms with Crippen molar-refractivity contribution in [2.45, 2.75) is 19.4 Å². The number of pyridine rings is 1. The van der Waals surface area contributed by atoms with Gasteiger partial charge >= 0.3 is 0 Å². The minimum absolute atomic E-state index is 0.225. The molecule has 3 rings (SSSR count). The van der Waals surface area contributed by atoms with Crippen molar-refractivity contribution in [3.63, 3.8) is 0 Å². The number of rotatable bonds is 9. The highest BCUT2D eigenvalue weighted by Crippen LogP contribution is 2.22. The average Bonchev–Trinajstić information content (AvgIpc) is 2.77. The molecule has 8 heteroatoms. The number of aromatic nitrogens is 3. The number of nitrogens with one attached hydrogen (secondary N) is 2. The van der Waals surface area contributed by atoms with Crippen LogP contribution in [0, 0.1) is 0 Å². The van der Waals surface area contributed by atoms with Gasteiger partial charge in [0.2, 0.25) is 5.91 Å². The molecule has 29 heavy (non-hydrogen) atoms. The lowest BCUT2D eigenvalue weighted by Gasteiger charge is -2.20. The first-order chi connectivity index (χ1) is 14.2. The molecule has 0 bridgehead atoms. The summed E-state index contributed by atoms with van der Waals surface area (Å²) < 4.78 is 0. The molecule has 3 aromatic rings. The van der Waals surface area contributed by atoms with Crippen molar-refractivity contribution in [1.82, 2.24) is 20.4 Å². The van der Waals surface area contributed by atoms with Crippen molar-refractivity contribution in [2.24, 2.45) is 0 Å². The predicted octanol–water partition coefficient (Wildman–Crippen LogP) is 2.87. The van der Waals surface area contributed by atoms with Crippen molar-refractivity contribution in [3.05, 3.63) is 66.4 Å². The summed E-state index contributed by atoms with van der Waals surface area (Å²) >= 11 is 0. The third-order valence-corrected chi connectivity index (χ3v) is 4.27. The maximum Gasteiger partial charge on any atom is 0.243 e. The Bertz CT molecular complexity index is 921. The lowest BCUT2D eigenvalue weighted by Crippen LogP contribution is -2.20. The number of hydrogen-bond acceptors (Lipinski definition) is 7. The first-order valence-corrected chi connectivity index (χ1v) is 9.38. The Morgan fingerprint density at radius 2 is 1.90 bits per heavy atom. The summed E-state index contributed by atoms with van der Waals surface area (Å²) in [4.78, 5) is 26.8. The molecule has 0 spiro atoms. The van der Waals surface area contributed by atoms with Gasteiger partial charge in [-0.2, -0.15) is 0 Å². The Morgan fingerprint density at radius 1 is 1.10 bits per heavy atom. The molecule has 1 amide bonds. The molecule has 0 saturated heterocycles. The van der Waals surface area contributed by atoms with Gasteiger partial charge in [-0.15, -0.1) is 0 Å². The second-order valence-electron chi connectivity index (χ2n) is 6.56. The van der Waals surface area contributed by atoms with Gasteiger partial charge in [0, 0.05) is 38.8 Å². The molecule has 2 aromatic heterocycles. The maximum atomic E-state index is 11.1. The monoisotopic (exact) mass is 392 g/mol. The van der Waals surface area contributed by atoms with E-state index in [-0.39, 0.29) is 6.42 Å². The van der Waals surface area contributed by atoms with Gasteiger partial charge in [-0.05, 0) is 24.1 Å². The fraction of sp³-hybridized carbons (Fsp3) is 0.238. The summed E-state index contributed by atoms with van der Waals surface area (Å²) in [5.41, 5.74) is 3.50. The molecule has 3 N–H and O–H groups in total. The maximum absolute atomic E-state index is 11.1. The van der Waals surface area contributed by atoms with Gasteiger partial charge in [0.25, 0.3) is 0 Å². The Morgan fingerprint density at radius 3 is 2.62 bits per heavy atom. The van der Waals surface area contributed by atoms with Crippen molar-refractivity contribution in [1.29, 1.82) is 0 Å². The van der Waals surface area contributed by atoms with Crippen LogP contribution >= 0.6 is 0 Å². The van der Waals surface area contributed by atoms with E-state index in [1.807, 2.05) is 54.4 Å². The molecule has 0 aliphatic rings. The average molecular weight is 392 g/mol. The van der Waals surface area contributed by atoms with Gasteiger partial charge in [0.15, 0.2) is 5.82 Å². The second kappa shape index (κ2) is 10.1. The summed E-state index contributed by atoms with van der Waals surface area (Å²) in [6.45, 7) is 1.24. The summed E-state index contributed by atoms with van der Waals surface area (Å²) in [5, 5.41) is 11.8. The Balaban J connectivity index is 1.79. The van der Waals surface area contributed by atoms with Crippen LogP contribution in [0.15, 0.2) is 60.8 Å². The van der Waals surface area contributed by atoms with E-state index in [1.54, 1.807) is 11.7 Å². The van der Waals surface area contributed by atoms with Crippen molar-refractivity contribution in [2.75, 3.05) is 23.8 Å².